The van der Waals surface area contributed by atoms with Gasteiger partial charge in [0.05, 0.1) is 23.9 Å². The molecule has 0 aliphatic carbocycles. The number of carbonyl (C=O) groups is 3. The molecule has 3 N–H and O–H groups in total. The highest BCUT2D eigenvalue weighted by Gasteiger charge is 2.32. The molecule has 2 amide bonds. The van der Waals surface area contributed by atoms with Gasteiger partial charge in [0, 0.05) is 6.20 Å². The van der Waals surface area contributed by atoms with E-state index >= 15 is 0 Å². The van der Waals surface area contributed by atoms with E-state index in [4.69, 9.17) is 9.47 Å². The summed E-state index contributed by atoms with van der Waals surface area (Å²) in [6, 6.07) is 2.30. The van der Waals surface area contributed by atoms with Crippen LogP contribution in [0.3, 0.4) is 0 Å². The first-order valence-corrected chi connectivity index (χ1v) is 7.35. The van der Waals surface area contributed by atoms with Crippen molar-refractivity contribution < 1.29 is 23.9 Å². The Hall–Kier alpha value is -2.77. The molecule has 0 fully saturated rings. The van der Waals surface area contributed by atoms with Crippen molar-refractivity contribution in [1.29, 1.82) is 0 Å². The molecule has 1 atom stereocenters. The molecule has 0 radical (unpaired) electrons. The first kappa shape index (κ1) is 16.6. The van der Waals surface area contributed by atoms with E-state index in [9.17, 15) is 14.4 Å². The molecular formula is C15H19N3O5. The summed E-state index contributed by atoms with van der Waals surface area (Å²) in [5.41, 5.74) is 0.794. The number of esters is 2. The van der Waals surface area contributed by atoms with Gasteiger partial charge in [-0.1, -0.05) is 6.92 Å². The number of carbonyl (C=O) groups excluding carboxylic acids is 3. The van der Waals surface area contributed by atoms with Gasteiger partial charge < -0.3 is 25.1 Å². The molecule has 0 saturated carbocycles. The number of H-pyrrole nitrogens is 1. The maximum absolute atomic E-state index is 12.1. The fourth-order valence-electron chi connectivity index (χ4n) is 2.25. The third kappa shape index (κ3) is 3.91. The highest BCUT2D eigenvalue weighted by Crippen LogP contribution is 2.17. The first-order valence-electron chi connectivity index (χ1n) is 7.35. The van der Waals surface area contributed by atoms with Crippen LogP contribution in [-0.4, -0.2) is 42.2 Å². The van der Waals surface area contributed by atoms with Gasteiger partial charge in [0.1, 0.15) is 12.3 Å². The van der Waals surface area contributed by atoms with Crippen LogP contribution in [0, 0.1) is 0 Å². The molecule has 0 saturated heterocycles. The van der Waals surface area contributed by atoms with E-state index < -0.39 is 24.0 Å². The Kier molecular flexibility index (Phi) is 5.40. The summed E-state index contributed by atoms with van der Waals surface area (Å²) in [7, 11) is 0. The summed E-state index contributed by atoms with van der Waals surface area (Å²) in [5.74, 6) is -1.12. The Morgan fingerprint density at radius 3 is 2.61 bits per heavy atom. The molecule has 0 bridgehead atoms. The second-order valence-electron chi connectivity index (χ2n) is 4.83. The van der Waals surface area contributed by atoms with Crippen molar-refractivity contribution >= 4 is 18.0 Å². The maximum atomic E-state index is 12.1. The van der Waals surface area contributed by atoms with Gasteiger partial charge in [-0.15, -0.1) is 0 Å². The Bertz CT molecular complexity index is 621. The number of ether oxygens (including phenoxy) is 2. The molecular weight excluding hydrogens is 302 g/mol. The second-order valence-corrected chi connectivity index (χ2v) is 4.83. The van der Waals surface area contributed by atoms with Crippen LogP contribution in [0.1, 0.15) is 30.8 Å². The zero-order valence-corrected chi connectivity index (χ0v) is 13.0. The third-order valence-electron chi connectivity index (χ3n) is 3.31. The van der Waals surface area contributed by atoms with Crippen molar-refractivity contribution in [3.8, 4) is 0 Å². The molecule has 2 heterocycles. The number of urea groups is 1. The number of hydrogen-bond donors (Lipinski definition) is 3. The first-order chi connectivity index (χ1) is 11.1. The van der Waals surface area contributed by atoms with Crippen LogP contribution in [0.25, 0.3) is 0 Å². The highest BCUT2D eigenvalue weighted by atomic mass is 16.5. The molecule has 8 heteroatoms. The summed E-state index contributed by atoms with van der Waals surface area (Å²) >= 11 is 0. The summed E-state index contributed by atoms with van der Waals surface area (Å²) in [6.07, 6.45) is 2.11. The lowest BCUT2D eigenvalue weighted by atomic mass is 10.0. The van der Waals surface area contributed by atoms with Crippen molar-refractivity contribution in [2.24, 2.45) is 0 Å². The van der Waals surface area contributed by atoms with Gasteiger partial charge >= 0.3 is 18.0 Å². The second kappa shape index (κ2) is 7.48. The maximum Gasteiger partial charge on any atom is 0.355 e. The van der Waals surface area contributed by atoms with Crippen LogP contribution >= 0.6 is 0 Å². The van der Waals surface area contributed by atoms with E-state index in [1.54, 1.807) is 25.3 Å². The molecule has 0 spiro atoms. The third-order valence-corrected chi connectivity index (χ3v) is 3.31. The highest BCUT2D eigenvalue weighted by molar-refractivity contribution is 5.95. The van der Waals surface area contributed by atoms with Crippen molar-refractivity contribution in [3.63, 3.8) is 0 Å². The molecule has 124 valence electrons. The Morgan fingerprint density at radius 2 is 2.00 bits per heavy atom. The summed E-state index contributed by atoms with van der Waals surface area (Å²) in [4.78, 5) is 38.4. The summed E-state index contributed by atoms with van der Waals surface area (Å²) in [5, 5.41) is 5.16. The topological polar surface area (TPSA) is 110 Å². The Balaban J connectivity index is 2.19. The lowest BCUT2D eigenvalue weighted by molar-refractivity contribution is -0.139. The molecule has 1 aliphatic rings. The number of aromatic nitrogens is 1. The van der Waals surface area contributed by atoms with Crippen LogP contribution in [0.5, 0.6) is 0 Å². The van der Waals surface area contributed by atoms with Crippen molar-refractivity contribution in [1.82, 2.24) is 15.6 Å². The number of hydrogen-bond acceptors (Lipinski definition) is 5. The van der Waals surface area contributed by atoms with Crippen molar-refractivity contribution in [2.45, 2.75) is 26.3 Å². The molecule has 1 aromatic rings. The Morgan fingerprint density at radius 1 is 1.22 bits per heavy atom. The van der Waals surface area contributed by atoms with Crippen LogP contribution in [0.15, 0.2) is 29.6 Å². The molecule has 8 nitrogen and oxygen atoms in total. The average molecular weight is 321 g/mol. The molecule has 1 aromatic heterocycles. The van der Waals surface area contributed by atoms with Crippen LogP contribution in [0.2, 0.25) is 0 Å². The van der Waals surface area contributed by atoms with E-state index in [1.165, 1.54) is 0 Å². The van der Waals surface area contributed by atoms with Crippen LogP contribution in [-0.2, 0) is 14.3 Å². The summed E-state index contributed by atoms with van der Waals surface area (Å²) < 4.78 is 10.2. The van der Waals surface area contributed by atoms with E-state index in [-0.39, 0.29) is 30.2 Å². The zero-order valence-electron chi connectivity index (χ0n) is 13.0. The van der Waals surface area contributed by atoms with Gasteiger partial charge in [-0.3, -0.25) is 0 Å². The fourth-order valence-corrected chi connectivity index (χ4v) is 2.25. The number of amides is 2. The number of nitrogens with one attached hydrogen (secondary N) is 3. The zero-order chi connectivity index (χ0) is 16.8. The van der Waals surface area contributed by atoms with Gasteiger partial charge in [0.2, 0.25) is 0 Å². The van der Waals surface area contributed by atoms with E-state index in [2.05, 4.69) is 15.6 Å². The van der Waals surface area contributed by atoms with Crippen molar-refractivity contribution in [2.75, 3.05) is 13.2 Å². The van der Waals surface area contributed by atoms with Gasteiger partial charge in [0.25, 0.3) is 0 Å². The molecule has 23 heavy (non-hydrogen) atoms. The van der Waals surface area contributed by atoms with Crippen LogP contribution in [0.4, 0.5) is 4.79 Å². The molecule has 0 aromatic carbocycles. The minimum Gasteiger partial charge on any atom is -0.463 e. The van der Waals surface area contributed by atoms with Crippen molar-refractivity contribution in [3.05, 3.63) is 35.3 Å². The SMILES string of the molecule is CCOC(=O)C1=C(COC(=O)c2ccc[nH]2)NC(=O)N[C@H]1CC. The lowest BCUT2D eigenvalue weighted by Gasteiger charge is -2.28. The standard InChI is InChI=1S/C15H19N3O5/c1-3-9-12(14(20)22-4-2)11(18-15(21)17-9)8-23-13(19)10-6-5-7-16-10/h5-7,9,16H,3-4,8H2,1-2H3,(H2,17,18,21)/t9-/m0/s1. The molecule has 2 rings (SSSR count). The smallest absolute Gasteiger partial charge is 0.355 e. The van der Waals surface area contributed by atoms with E-state index in [0.29, 0.717) is 6.42 Å². The predicted molar refractivity (Wildman–Crippen MR) is 80.5 cm³/mol. The quantitative estimate of drug-likeness (QED) is 0.679. The largest absolute Gasteiger partial charge is 0.463 e. The van der Waals surface area contributed by atoms with Gasteiger partial charge in [-0.25, -0.2) is 14.4 Å². The fraction of sp³-hybridized carbons (Fsp3) is 0.400. The predicted octanol–water partition coefficient (Wildman–Crippen LogP) is 1.08. The average Bonchev–Trinajstić information content (AvgIpc) is 3.06. The monoisotopic (exact) mass is 321 g/mol. The Labute approximate surface area is 133 Å². The molecule has 0 unspecified atom stereocenters. The van der Waals surface area contributed by atoms with Gasteiger partial charge in [0.15, 0.2) is 0 Å². The van der Waals surface area contributed by atoms with Gasteiger partial charge in [-0.2, -0.15) is 0 Å². The lowest BCUT2D eigenvalue weighted by Crippen LogP contribution is -2.51. The summed E-state index contributed by atoms with van der Waals surface area (Å²) in [6.45, 7) is 3.51. The number of rotatable bonds is 6. The molecule has 1 aliphatic heterocycles. The van der Waals surface area contributed by atoms with Gasteiger partial charge in [-0.05, 0) is 25.5 Å². The van der Waals surface area contributed by atoms with Crippen LogP contribution < -0.4 is 10.6 Å². The minimum absolute atomic E-state index is 0.211. The minimum atomic E-state index is -0.577. The number of aromatic amines is 1. The normalized spacial score (nSPS) is 17.3. The van der Waals surface area contributed by atoms with E-state index in [1.807, 2.05) is 6.92 Å². The van der Waals surface area contributed by atoms with E-state index in [0.717, 1.165) is 0 Å².